The summed E-state index contributed by atoms with van der Waals surface area (Å²) in [5.74, 6) is -0.318. The lowest BCUT2D eigenvalue weighted by Gasteiger charge is -2.26. The summed E-state index contributed by atoms with van der Waals surface area (Å²) in [6, 6.07) is 13.1. The largest absolute Gasteiger partial charge is 0.354 e. The Morgan fingerprint density at radius 3 is 2.42 bits per heavy atom. The van der Waals surface area contributed by atoms with Crippen molar-refractivity contribution in [1.82, 2.24) is 9.62 Å². The van der Waals surface area contributed by atoms with Gasteiger partial charge in [-0.15, -0.1) is 11.3 Å². The number of benzene rings is 1. The first-order valence-corrected chi connectivity index (χ1v) is 9.87. The monoisotopic (exact) mass is 366 g/mol. The molecule has 0 saturated carbocycles. The van der Waals surface area contributed by atoms with Gasteiger partial charge in [0.2, 0.25) is 5.91 Å². The van der Waals surface area contributed by atoms with Crippen molar-refractivity contribution in [3.05, 3.63) is 53.4 Å². The lowest BCUT2D eigenvalue weighted by atomic mass is 9.84. The summed E-state index contributed by atoms with van der Waals surface area (Å²) in [4.78, 5) is 12.1. The van der Waals surface area contributed by atoms with Crippen LogP contribution < -0.4 is 5.32 Å². The molecule has 0 aliphatic rings. The second-order valence-electron chi connectivity index (χ2n) is 6.22. The number of amides is 1. The molecule has 0 aliphatic heterocycles. The number of carbonyl (C=O) groups excluding carboxylic acids is 1. The summed E-state index contributed by atoms with van der Waals surface area (Å²) in [6.45, 7) is 4.30. The molecule has 1 heterocycles. The SMILES string of the molecule is CN(CC(=O)NCC(C)(C)c1ccccc1)S(=O)(=O)c1cccs1. The molecule has 0 spiro atoms. The first-order valence-electron chi connectivity index (χ1n) is 7.55. The van der Waals surface area contributed by atoms with E-state index in [0.29, 0.717) is 6.54 Å². The number of hydrogen-bond acceptors (Lipinski definition) is 4. The molecule has 130 valence electrons. The van der Waals surface area contributed by atoms with Crippen LogP contribution in [0.5, 0.6) is 0 Å². The molecule has 7 heteroatoms. The van der Waals surface area contributed by atoms with Gasteiger partial charge in [-0.25, -0.2) is 8.42 Å². The number of nitrogens with one attached hydrogen (secondary N) is 1. The predicted molar refractivity (Wildman–Crippen MR) is 96.6 cm³/mol. The van der Waals surface area contributed by atoms with Gasteiger partial charge in [0.1, 0.15) is 4.21 Å². The van der Waals surface area contributed by atoms with E-state index in [1.807, 2.05) is 44.2 Å². The molecule has 2 aromatic rings. The highest BCUT2D eigenvalue weighted by Gasteiger charge is 2.25. The van der Waals surface area contributed by atoms with Crippen LogP contribution in [0.15, 0.2) is 52.1 Å². The molecule has 1 aromatic heterocycles. The summed E-state index contributed by atoms with van der Waals surface area (Å²) in [5, 5.41) is 4.53. The van der Waals surface area contributed by atoms with E-state index in [2.05, 4.69) is 5.32 Å². The maximum atomic E-state index is 12.3. The van der Waals surface area contributed by atoms with Gasteiger partial charge in [0.25, 0.3) is 10.0 Å². The zero-order valence-corrected chi connectivity index (χ0v) is 15.7. The number of nitrogens with zero attached hydrogens (tertiary/aromatic N) is 1. The van der Waals surface area contributed by atoms with Crippen molar-refractivity contribution in [3.63, 3.8) is 0 Å². The smallest absolute Gasteiger partial charge is 0.252 e. The van der Waals surface area contributed by atoms with Gasteiger partial charge in [-0.1, -0.05) is 50.2 Å². The molecule has 1 N–H and O–H groups in total. The first-order chi connectivity index (χ1) is 11.2. The zero-order chi connectivity index (χ0) is 17.8. The Hall–Kier alpha value is -1.70. The first kappa shape index (κ1) is 18.6. The fraction of sp³-hybridized carbons (Fsp3) is 0.353. The molecular formula is C17H22N2O3S2. The van der Waals surface area contributed by atoms with Gasteiger partial charge in [0.15, 0.2) is 0 Å². The van der Waals surface area contributed by atoms with Gasteiger partial charge >= 0.3 is 0 Å². The third-order valence-corrected chi connectivity index (χ3v) is 6.99. The van der Waals surface area contributed by atoms with Crippen LogP contribution in [0, 0.1) is 0 Å². The minimum absolute atomic E-state index is 0.203. The molecule has 0 unspecified atom stereocenters. The van der Waals surface area contributed by atoms with E-state index in [4.69, 9.17) is 0 Å². The minimum Gasteiger partial charge on any atom is -0.354 e. The van der Waals surface area contributed by atoms with Gasteiger partial charge < -0.3 is 5.32 Å². The maximum Gasteiger partial charge on any atom is 0.252 e. The van der Waals surface area contributed by atoms with Gasteiger partial charge in [-0.2, -0.15) is 4.31 Å². The number of carbonyl (C=O) groups is 1. The van der Waals surface area contributed by atoms with Crippen molar-refractivity contribution in [3.8, 4) is 0 Å². The number of hydrogen-bond donors (Lipinski definition) is 1. The average molecular weight is 367 g/mol. The summed E-state index contributed by atoms with van der Waals surface area (Å²) in [7, 11) is -2.19. The summed E-state index contributed by atoms with van der Waals surface area (Å²) in [5.41, 5.74) is 0.882. The van der Waals surface area contributed by atoms with Crippen molar-refractivity contribution in [1.29, 1.82) is 0 Å². The minimum atomic E-state index is -3.61. The quantitative estimate of drug-likeness (QED) is 0.819. The molecular weight excluding hydrogens is 344 g/mol. The average Bonchev–Trinajstić information content (AvgIpc) is 3.09. The fourth-order valence-electron chi connectivity index (χ4n) is 2.22. The Balaban J connectivity index is 1.94. The van der Waals surface area contributed by atoms with E-state index in [9.17, 15) is 13.2 Å². The highest BCUT2D eigenvalue weighted by atomic mass is 32.2. The molecule has 1 amide bonds. The molecule has 2 rings (SSSR count). The van der Waals surface area contributed by atoms with E-state index in [0.717, 1.165) is 21.2 Å². The highest BCUT2D eigenvalue weighted by Crippen LogP contribution is 2.22. The molecule has 0 bridgehead atoms. The van der Waals surface area contributed by atoms with Gasteiger partial charge in [0.05, 0.1) is 6.54 Å². The maximum absolute atomic E-state index is 12.3. The van der Waals surface area contributed by atoms with Crippen molar-refractivity contribution in [2.75, 3.05) is 20.1 Å². The van der Waals surface area contributed by atoms with Crippen LogP contribution in [0.4, 0.5) is 0 Å². The fourth-order valence-corrected chi connectivity index (χ4v) is 4.55. The van der Waals surface area contributed by atoms with Crippen LogP contribution in [-0.4, -0.2) is 38.8 Å². The Kier molecular flexibility index (Phi) is 5.79. The van der Waals surface area contributed by atoms with Crippen LogP contribution in [0.1, 0.15) is 19.4 Å². The third-order valence-electron chi connectivity index (χ3n) is 3.81. The van der Waals surface area contributed by atoms with E-state index in [1.54, 1.807) is 11.4 Å². The number of sulfonamides is 1. The second-order valence-corrected chi connectivity index (χ2v) is 9.44. The lowest BCUT2D eigenvalue weighted by Crippen LogP contribution is -2.42. The second kappa shape index (κ2) is 7.46. The molecule has 0 radical (unpaired) electrons. The third kappa shape index (κ3) is 4.43. The summed E-state index contributed by atoms with van der Waals surface area (Å²) in [6.07, 6.45) is 0. The van der Waals surface area contributed by atoms with Gasteiger partial charge in [-0.05, 0) is 17.0 Å². The Morgan fingerprint density at radius 1 is 1.17 bits per heavy atom. The number of likely N-dealkylation sites (N-methyl/N-ethyl adjacent to an activating group) is 1. The van der Waals surface area contributed by atoms with E-state index in [-0.39, 0.29) is 22.1 Å². The van der Waals surface area contributed by atoms with E-state index < -0.39 is 10.0 Å². The Labute approximate surface area is 147 Å². The molecule has 0 fully saturated rings. The normalized spacial score (nSPS) is 12.3. The lowest BCUT2D eigenvalue weighted by molar-refractivity contribution is -0.121. The van der Waals surface area contributed by atoms with Crippen molar-refractivity contribution >= 4 is 27.3 Å². The summed E-state index contributed by atoms with van der Waals surface area (Å²) >= 11 is 1.14. The molecule has 24 heavy (non-hydrogen) atoms. The molecule has 5 nitrogen and oxygen atoms in total. The topological polar surface area (TPSA) is 66.5 Å². The van der Waals surface area contributed by atoms with Gasteiger partial charge in [0, 0.05) is 19.0 Å². The van der Waals surface area contributed by atoms with Gasteiger partial charge in [-0.3, -0.25) is 4.79 Å². The molecule has 0 saturated heterocycles. The van der Waals surface area contributed by atoms with Crippen LogP contribution in [0.3, 0.4) is 0 Å². The number of rotatable bonds is 7. The standard InChI is InChI=1S/C17H22N2O3S2/c1-17(2,14-8-5-4-6-9-14)13-18-15(20)12-19(3)24(21,22)16-10-7-11-23-16/h4-11H,12-13H2,1-3H3,(H,18,20). The Morgan fingerprint density at radius 2 is 1.83 bits per heavy atom. The van der Waals surface area contributed by atoms with E-state index >= 15 is 0 Å². The summed E-state index contributed by atoms with van der Waals surface area (Å²) < 4.78 is 25.9. The van der Waals surface area contributed by atoms with Crippen LogP contribution in [0.25, 0.3) is 0 Å². The van der Waals surface area contributed by atoms with Crippen LogP contribution in [0.2, 0.25) is 0 Å². The Bertz CT molecular complexity index is 769. The molecule has 0 atom stereocenters. The number of thiophene rings is 1. The van der Waals surface area contributed by atoms with Crippen LogP contribution >= 0.6 is 11.3 Å². The van der Waals surface area contributed by atoms with Crippen molar-refractivity contribution < 1.29 is 13.2 Å². The van der Waals surface area contributed by atoms with Crippen molar-refractivity contribution in [2.24, 2.45) is 0 Å². The highest BCUT2D eigenvalue weighted by molar-refractivity contribution is 7.91. The van der Waals surface area contributed by atoms with Crippen molar-refractivity contribution in [2.45, 2.75) is 23.5 Å². The van der Waals surface area contributed by atoms with Crippen LogP contribution in [-0.2, 0) is 20.2 Å². The predicted octanol–water partition coefficient (Wildman–Crippen LogP) is 2.46. The molecule has 1 aromatic carbocycles. The zero-order valence-electron chi connectivity index (χ0n) is 14.0. The van der Waals surface area contributed by atoms with E-state index in [1.165, 1.54) is 13.1 Å². The molecule has 0 aliphatic carbocycles.